The number of allylic oxidation sites excluding steroid dienone is 4. The second kappa shape index (κ2) is 7.26. The molecule has 9 heavy (non-hydrogen) atoms. The molecule has 0 bridgehead atoms. The van der Waals surface area contributed by atoms with E-state index in [9.17, 15) is 0 Å². The molecule has 0 unspecified atom stereocenters. The topological polar surface area (TPSA) is 0 Å². The molecular formula is C6H8Br2Ti. The first-order valence-corrected chi connectivity index (χ1v) is 4.81. The Morgan fingerprint density at radius 3 is 2.33 bits per heavy atom. The Hall–Kier alpha value is 1.15. The normalized spacial score (nSPS) is 12.8. The van der Waals surface area contributed by atoms with Gasteiger partial charge in [-0.15, -0.1) is 0 Å². The molecule has 0 aliphatic heterocycles. The van der Waals surface area contributed by atoms with Crippen molar-refractivity contribution in [2.24, 2.45) is 0 Å². The van der Waals surface area contributed by atoms with Crippen molar-refractivity contribution in [2.45, 2.75) is 11.6 Å². The molecule has 0 fully saturated rings. The first-order valence-electron chi connectivity index (χ1n) is 2.47. The van der Waals surface area contributed by atoms with Crippen LogP contribution in [0.3, 0.4) is 0 Å². The van der Waals surface area contributed by atoms with Crippen LogP contribution in [-0.4, -0.2) is 0 Å². The third-order valence-electron chi connectivity index (χ3n) is 1.09. The summed E-state index contributed by atoms with van der Waals surface area (Å²) >= 11 is 0.292. The molecule has 0 spiro atoms. The summed E-state index contributed by atoms with van der Waals surface area (Å²) in [5.41, 5.74) is 0. The first-order chi connectivity index (χ1) is 3.43. The molecule has 1 rings (SSSR count). The minimum absolute atomic E-state index is 0. The fraction of sp³-hybridized carbons (Fsp3) is 0.333. The van der Waals surface area contributed by atoms with Crippen molar-refractivity contribution in [1.29, 1.82) is 0 Å². The molecule has 0 aromatic carbocycles. The summed E-state index contributed by atoms with van der Waals surface area (Å²) in [7, 11) is 0. The summed E-state index contributed by atoms with van der Waals surface area (Å²) in [4.78, 5) is 0. The molecule has 0 aromatic rings. The summed E-state index contributed by atoms with van der Waals surface area (Å²) in [5, 5.41) is 2.32. The van der Waals surface area contributed by atoms with Gasteiger partial charge in [-0.1, -0.05) is 0 Å². The van der Waals surface area contributed by atoms with Gasteiger partial charge in [-0.25, -0.2) is 0 Å². The zero-order valence-corrected chi connectivity index (χ0v) is 9.93. The van der Waals surface area contributed by atoms with Crippen molar-refractivity contribution in [2.75, 3.05) is 0 Å². The number of rotatable bonds is 1. The van der Waals surface area contributed by atoms with Crippen molar-refractivity contribution in [1.82, 2.24) is 0 Å². The van der Waals surface area contributed by atoms with E-state index in [1.807, 2.05) is 0 Å². The Morgan fingerprint density at radius 1 is 1.44 bits per heavy atom. The summed E-state index contributed by atoms with van der Waals surface area (Å²) in [6, 6.07) is 0. The Labute approximate surface area is 86.3 Å². The van der Waals surface area contributed by atoms with Gasteiger partial charge in [0.25, 0.3) is 0 Å². The second-order valence-corrected chi connectivity index (χ2v) is 3.36. The van der Waals surface area contributed by atoms with Crippen LogP contribution >= 0.6 is 0 Å². The van der Waals surface area contributed by atoms with Crippen molar-refractivity contribution >= 4 is 0 Å². The Morgan fingerprint density at radius 2 is 2.11 bits per heavy atom. The van der Waals surface area contributed by atoms with Crippen molar-refractivity contribution in [3.8, 4) is 0 Å². The van der Waals surface area contributed by atoms with Gasteiger partial charge >= 0.3 is 52.9 Å². The third-order valence-corrected chi connectivity index (χ3v) is 2.67. The van der Waals surface area contributed by atoms with Gasteiger partial charge in [0, 0.05) is 0 Å². The van der Waals surface area contributed by atoms with E-state index in [1.54, 1.807) is 3.88 Å². The average molecular weight is 288 g/mol. The molecule has 0 heterocycles. The molecule has 3 heteroatoms. The van der Waals surface area contributed by atoms with Crippen LogP contribution in [0.4, 0.5) is 0 Å². The molecule has 0 radical (unpaired) electrons. The van der Waals surface area contributed by atoms with Gasteiger partial charge in [0.2, 0.25) is 0 Å². The van der Waals surface area contributed by atoms with Crippen LogP contribution in [0.1, 0.15) is 6.42 Å². The second-order valence-electron chi connectivity index (χ2n) is 1.57. The molecule has 1 aliphatic rings. The monoisotopic (exact) mass is 286 g/mol. The average Bonchev–Trinajstić information content (AvgIpc) is 2.14. The molecule has 0 atom stereocenters. The number of halogens is 2. The van der Waals surface area contributed by atoms with Crippen LogP contribution in [0.2, 0.25) is 5.23 Å². The van der Waals surface area contributed by atoms with E-state index in [1.165, 1.54) is 6.42 Å². The maximum absolute atomic E-state index is 2.32. The van der Waals surface area contributed by atoms with Crippen LogP contribution < -0.4 is 34.0 Å². The predicted molar refractivity (Wildman–Crippen MR) is 27.7 cm³/mol. The zero-order valence-electron chi connectivity index (χ0n) is 5.20. The molecule has 0 nitrogen and oxygen atoms in total. The van der Waals surface area contributed by atoms with E-state index in [0.29, 0.717) is 19.2 Å². The van der Waals surface area contributed by atoms with E-state index in [4.69, 9.17) is 0 Å². The molecule has 0 saturated carbocycles. The Balaban J connectivity index is 0. The Kier molecular flexibility index (Phi) is 10.3. The van der Waals surface area contributed by atoms with E-state index >= 15 is 0 Å². The van der Waals surface area contributed by atoms with E-state index < -0.39 is 0 Å². The van der Waals surface area contributed by atoms with Gasteiger partial charge in [0.1, 0.15) is 0 Å². The van der Waals surface area contributed by atoms with Crippen LogP contribution in [-0.2, 0) is 19.2 Å². The summed E-state index contributed by atoms with van der Waals surface area (Å²) in [5.74, 6) is 0. The molecule has 0 N–H and O–H groups in total. The molecule has 0 saturated heterocycles. The minimum atomic E-state index is 0. The fourth-order valence-electron chi connectivity index (χ4n) is 0.633. The number of hydrogen-bond donors (Lipinski definition) is 0. The van der Waals surface area contributed by atoms with Crippen molar-refractivity contribution in [3.05, 3.63) is 22.1 Å². The van der Waals surface area contributed by atoms with Crippen LogP contribution in [0.15, 0.2) is 22.1 Å². The fourth-order valence-corrected chi connectivity index (χ4v) is 1.55. The molecule has 0 amide bonds. The predicted octanol–water partition coefficient (Wildman–Crippen LogP) is -4.03. The van der Waals surface area contributed by atoms with Crippen molar-refractivity contribution < 1.29 is 53.1 Å². The summed E-state index contributed by atoms with van der Waals surface area (Å²) in [6.07, 6.45) is 7.88. The number of hydrogen-bond acceptors (Lipinski definition) is 0. The summed E-state index contributed by atoms with van der Waals surface area (Å²) in [6.45, 7) is 0. The van der Waals surface area contributed by atoms with E-state index in [2.05, 4.69) is 23.5 Å². The van der Waals surface area contributed by atoms with Crippen LogP contribution in [0.25, 0.3) is 0 Å². The molecule has 0 aromatic heterocycles. The van der Waals surface area contributed by atoms with E-state index in [-0.39, 0.29) is 34.0 Å². The third kappa shape index (κ3) is 4.54. The van der Waals surface area contributed by atoms with Crippen molar-refractivity contribution in [3.63, 3.8) is 0 Å². The maximum atomic E-state index is 2.32. The summed E-state index contributed by atoms with van der Waals surface area (Å²) < 4.78 is 1.68. The molecular weight excluding hydrogens is 280 g/mol. The van der Waals surface area contributed by atoms with Gasteiger partial charge in [-0.3, -0.25) is 0 Å². The molecule has 50 valence electrons. The Bertz CT molecular complexity index is 118. The van der Waals surface area contributed by atoms with Gasteiger partial charge in [0.05, 0.1) is 0 Å². The van der Waals surface area contributed by atoms with Crippen LogP contribution in [0, 0.1) is 0 Å². The van der Waals surface area contributed by atoms with Gasteiger partial charge in [-0.2, -0.15) is 0 Å². The first kappa shape index (κ1) is 12.8. The standard InChI is InChI=1S/C5H5.CH3.2BrH.Ti/c1-2-4-5-3-1;;;;/h1-3H,4H2;1H3;2*1H;/q;;;;+2/p-2. The SMILES string of the molecule is [Br-].[Br-].[CH3][Ti+2][C]1=CC=CC1. The quantitative estimate of drug-likeness (QED) is 0.431. The zero-order chi connectivity index (χ0) is 5.11. The van der Waals surface area contributed by atoms with Gasteiger partial charge in [0.15, 0.2) is 0 Å². The molecule has 1 aliphatic carbocycles. The van der Waals surface area contributed by atoms with Gasteiger partial charge in [-0.05, 0) is 0 Å². The van der Waals surface area contributed by atoms with Gasteiger partial charge < -0.3 is 34.0 Å². The van der Waals surface area contributed by atoms with E-state index in [0.717, 1.165) is 0 Å². The van der Waals surface area contributed by atoms with Crippen LogP contribution in [0.5, 0.6) is 0 Å².